The lowest BCUT2D eigenvalue weighted by molar-refractivity contribution is 0.104. The molecule has 0 amide bonds. The van der Waals surface area contributed by atoms with Gasteiger partial charge in [-0.15, -0.1) is 0 Å². The molecule has 2 atom stereocenters. The molecule has 0 radical (unpaired) electrons. The van der Waals surface area contributed by atoms with Crippen LogP contribution in [0.15, 0.2) is 84.1 Å². The maximum absolute atomic E-state index is 11.9. The molecular weight excluding hydrogens is 398 g/mol. The number of hydrogen-bond donors (Lipinski definition) is 2. The number of benzene rings is 1. The van der Waals surface area contributed by atoms with Crippen LogP contribution in [0.4, 0.5) is 0 Å². The number of carbonyl (C=O) groups excluding carboxylic acids is 1. The van der Waals surface area contributed by atoms with Gasteiger partial charge in [0.05, 0.1) is 0 Å². The minimum absolute atomic E-state index is 0.00266. The molecule has 1 saturated carbocycles. The molecule has 0 heterocycles. The second-order valence-electron chi connectivity index (χ2n) is 9.48. The molecule has 4 nitrogen and oxygen atoms in total. The van der Waals surface area contributed by atoms with Gasteiger partial charge < -0.3 is 15.1 Å². The standard InChI is InChI=1S/C28H33NO3/c1-5-25(30)21-9-7-20(8-10-21)24-17-23(12-6-18(24)2)29(4)19(3)28(14-15-28)22-11-13-26(31)27(32)16-22/h5,7-10,16-18,24,31-32H,1,3,6,11-15H2,2,4H3. The van der Waals surface area contributed by atoms with Crippen molar-refractivity contribution in [3.05, 3.63) is 95.3 Å². The predicted octanol–water partition coefficient (Wildman–Crippen LogP) is 6.73. The second kappa shape index (κ2) is 8.50. The van der Waals surface area contributed by atoms with Crippen LogP contribution < -0.4 is 0 Å². The lowest BCUT2D eigenvalue weighted by atomic mass is 9.78. The molecule has 3 aliphatic rings. The fourth-order valence-electron chi connectivity index (χ4n) is 5.20. The van der Waals surface area contributed by atoms with E-state index in [2.05, 4.69) is 50.2 Å². The van der Waals surface area contributed by atoms with Crippen LogP contribution in [0.1, 0.15) is 67.3 Å². The molecular formula is C28H33NO3. The summed E-state index contributed by atoms with van der Waals surface area (Å²) < 4.78 is 0. The highest BCUT2D eigenvalue weighted by Crippen LogP contribution is 2.60. The molecule has 4 rings (SSSR count). The van der Waals surface area contributed by atoms with Gasteiger partial charge in [-0.3, -0.25) is 4.79 Å². The number of rotatable bonds is 7. The summed E-state index contributed by atoms with van der Waals surface area (Å²) in [4.78, 5) is 14.1. The summed E-state index contributed by atoms with van der Waals surface area (Å²) in [6.45, 7) is 10.3. The highest BCUT2D eigenvalue weighted by Gasteiger charge is 2.50. The Morgan fingerprint density at radius 1 is 1.16 bits per heavy atom. The first-order valence-electron chi connectivity index (χ1n) is 11.5. The summed E-state index contributed by atoms with van der Waals surface area (Å²) in [5.41, 5.74) is 5.31. The normalized spacial score (nSPS) is 24.3. The summed E-state index contributed by atoms with van der Waals surface area (Å²) >= 11 is 0. The molecule has 2 N–H and O–H groups in total. The van der Waals surface area contributed by atoms with Crippen molar-refractivity contribution in [1.29, 1.82) is 0 Å². The van der Waals surface area contributed by atoms with Gasteiger partial charge in [-0.25, -0.2) is 0 Å². The van der Waals surface area contributed by atoms with Gasteiger partial charge in [0.25, 0.3) is 0 Å². The molecule has 4 heteroatoms. The first kappa shape index (κ1) is 22.2. The van der Waals surface area contributed by atoms with Crippen molar-refractivity contribution in [2.24, 2.45) is 11.3 Å². The van der Waals surface area contributed by atoms with Crippen molar-refractivity contribution in [3.63, 3.8) is 0 Å². The van der Waals surface area contributed by atoms with Crippen LogP contribution in [0.3, 0.4) is 0 Å². The zero-order chi connectivity index (χ0) is 23.0. The third-order valence-corrected chi connectivity index (χ3v) is 7.60. The zero-order valence-electron chi connectivity index (χ0n) is 19.1. The van der Waals surface area contributed by atoms with Crippen molar-refractivity contribution in [3.8, 4) is 0 Å². The van der Waals surface area contributed by atoms with Crippen molar-refractivity contribution in [2.75, 3.05) is 7.05 Å². The highest BCUT2D eigenvalue weighted by atomic mass is 16.3. The van der Waals surface area contributed by atoms with Crippen molar-refractivity contribution < 1.29 is 15.0 Å². The van der Waals surface area contributed by atoms with Crippen molar-refractivity contribution in [1.82, 2.24) is 4.90 Å². The van der Waals surface area contributed by atoms with Gasteiger partial charge in [-0.2, -0.15) is 0 Å². The molecule has 1 fully saturated rings. The van der Waals surface area contributed by atoms with E-state index in [1.54, 1.807) is 6.08 Å². The average Bonchev–Trinajstić information content (AvgIpc) is 3.62. The smallest absolute Gasteiger partial charge is 0.185 e. The SMILES string of the molecule is C=CC(=O)c1ccc(C2C=C(N(C)C(=C)C3(C4=CC(O)=C(O)CC4)CC3)CCC2C)cc1. The van der Waals surface area contributed by atoms with E-state index in [4.69, 9.17) is 0 Å². The van der Waals surface area contributed by atoms with Crippen LogP contribution in [0.5, 0.6) is 0 Å². The molecule has 3 aliphatic carbocycles. The summed E-state index contributed by atoms with van der Waals surface area (Å²) in [6.07, 6.45) is 10.9. The van der Waals surface area contributed by atoms with Gasteiger partial charge in [0.1, 0.15) is 5.76 Å². The van der Waals surface area contributed by atoms with Gasteiger partial charge in [0.15, 0.2) is 11.5 Å². The number of nitrogens with zero attached hydrogens (tertiary/aromatic N) is 1. The number of aliphatic hydroxyl groups is 2. The van der Waals surface area contributed by atoms with Crippen LogP contribution in [0, 0.1) is 11.3 Å². The van der Waals surface area contributed by atoms with Crippen LogP contribution in [0.25, 0.3) is 0 Å². The molecule has 0 aromatic heterocycles. The van der Waals surface area contributed by atoms with Crippen LogP contribution in [-0.4, -0.2) is 27.9 Å². The minimum Gasteiger partial charge on any atom is -0.508 e. The maximum atomic E-state index is 11.9. The van der Waals surface area contributed by atoms with E-state index in [9.17, 15) is 15.0 Å². The summed E-state index contributed by atoms with van der Waals surface area (Å²) in [5, 5.41) is 19.8. The van der Waals surface area contributed by atoms with Crippen LogP contribution >= 0.6 is 0 Å². The maximum Gasteiger partial charge on any atom is 0.185 e. The molecule has 32 heavy (non-hydrogen) atoms. The fraction of sp³-hybridized carbons (Fsp3) is 0.393. The first-order chi connectivity index (χ1) is 15.3. The van der Waals surface area contributed by atoms with E-state index in [-0.39, 0.29) is 28.6 Å². The lowest BCUT2D eigenvalue weighted by Gasteiger charge is -2.37. The topological polar surface area (TPSA) is 60.8 Å². The van der Waals surface area contributed by atoms with E-state index in [1.807, 2.05) is 12.1 Å². The van der Waals surface area contributed by atoms with Gasteiger partial charge in [-0.05, 0) is 55.7 Å². The van der Waals surface area contributed by atoms with Crippen molar-refractivity contribution >= 4 is 5.78 Å². The fourth-order valence-corrected chi connectivity index (χ4v) is 5.20. The molecule has 1 aromatic rings. The quantitative estimate of drug-likeness (QED) is 0.371. The summed E-state index contributed by atoms with van der Waals surface area (Å²) in [6, 6.07) is 7.90. The number of ketones is 1. The molecule has 0 saturated heterocycles. The third-order valence-electron chi connectivity index (χ3n) is 7.60. The van der Waals surface area contributed by atoms with E-state index in [1.165, 1.54) is 22.9 Å². The Labute approximate surface area is 191 Å². The molecule has 0 aliphatic heterocycles. The van der Waals surface area contributed by atoms with E-state index in [0.717, 1.165) is 37.8 Å². The zero-order valence-corrected chi connectivity index (χ0v) is 19.1. The Morgan fingerprint density at radius 3 is 2.44 bits per heavy atom. The molecule has 1 aromatic carbocycles. The lowest BCUT2D eigenvalue weighted by Crippen LogP contribution is -2.28. The predicted molar refractivity (Wildman–Crippen MR) is 128 cm³/mol. The molecule has 0 bridgehead atoms. The first-order valence-corrected chi connectivity index (χ1v) is 11.5. The Morgan fingerprint density at radius 2 is 1.84 bits per heavy atom. The largest absolute Gasteiger partial charge is 0.508 e. The minimum atomic E-state index is -0.102. The molecule has 0 spiro atoms. The summed E-state index contributed by atoms with van der Waals surface area (Å²) in [7, 11) is 2.10. The second-order valence-corrected chi connectivity index (χ2v) is 9.48. The van der Waals surface area contributed by atoms with Crippen LogP contribution in [0.2, 0.25) is 0 Å². The Bertz CT molecular complexity index is 1040. The van der Waals surface area contributed by atoms with Crippen molar-refractivity contribution in [2.45, 2.75) is 51.4 Å². The Hall–Kier alpha value is -3.01. The number of allylic oxidation sites excluding steroid dienone is 6. The highest BCUT2D eigenvalue weighted by molar-refractivity contribution is 6.04. The number of aliphatic hydroxyl groups excluding tert-OH is 2. The third kappa shape index (κ3) is 3.94. The Kier molecular flexibility index (Phi) is 5.89. The molecule has 2 unspecified atom stereocenters. The van der Waals surface area contributed by atoms with Gasteiger partial charge in [-0.1, -0.05) is 56.0 Å². The summed E-state index contributed by atoms with van der Waals surface area (Å²) in [5.74, 6) is 0.826. The monoisotopic (exact) mass is 431 g/mol. The van der Waals surface area contributed by atoms with E-state index in [0.29, 0.717) is 17.9 Å². The average molecular weight is 432 g/mol. The van der Waals surface area contributed by atoms with Gasteiger partial charge >= 0.3 is 0 Å². The Balaban J connectivity index is 1.56. The number of carbonyl (C=O) groups is 1. The van der Waals surface area contributed by atoms with Gasteiger partial charge in [0, 0.05) is 41.8 Å². The van der Waals surface area contributed by atoms with E-state index < -0.39 is 0 Å². The molecule has 168 valence electrons. The van der Waals surface area contributed by atoms with Gasteiger partial charge in [0.2, 0.25) is 0 Å². The van der Waals surface area contributed by atoms with E-state index >= 15 is 0 Å². The number of hydrogen-bond acceptors (Lipinski definition) is 4. The van der Waals surface area contributed by atoms with Crippen LogP contribution in [-0.2, 0) is 0 Å².